The molecule has 2 aromatic heterocycles. The molecule has 25 heavy (non-hydrogen) atoms. The average Bonchev–Trinajstić information content (AvgIpc) is 2.96. The molecule has 4 heteroatoms. The zero-order chi connectivity index (χ0) is 17.4. The highest BCUT2D eigenvalue weighted by molar-refractivity contribution is 6.32. The van der Waals surface area contributed by atoms with Crippen LogP contribution >= 0.6 is 11.6 Å². The molecule has 0 unspecified atom stereocenters. The summed E-state index contributed by atoms with van der Waals surface area (Å²) in [4.78, 5) is 7.12. The average molecular weight is 352 g/mol. The van der Waals surface area contributed by atoms with Gasteiger partial charge in [-0.25, -0.2) is 0 Å². The van der Waals surface area contributed by atoms with Gasteiger partial charge in [0.05, 0.1) is 11.0 Å². The SMILES string of the molecule is CCN(CC)CCn1c2ccc(Cl)cc2c2cnc3ccccc3c21. The lowest BCUT2D eigenvalue weighted by molar-refractivity contribution is 0.293. The molecule has 0 fully saturated rings. The molecule has 0 aliphatic heterocycles. The van der Waals surface area contributed by atoms with E-state index < -0.39 is 0 Å². The number of pyridine rings is 1. The van der Waals surface area contributed by atoms with Crippen LogP contribution in [0, 0.1) is 0 Å². The number of benzene rings is 2. The first kappa shape index (κ1) is 16.4. The van der Waals surface area contributed by atoms with Crippen LogP contribution in [0.15, 0.2) is 48.7 Å². The quantitative estimate of drug-likeness (QED) is 0.484. The highest BCUT2D eigenvalue weighted by Gasteiger charge is 2.15. The van der Waals surface area contributed by atoms with Crippen LogP contribution in [0.25, 0.3) is 32.7 Å². The van der Waals surface area contributed by atoms with E-state index in [4.69, 9.17) is 11.6 Å². The molecule has 0 N–H and O–H groups in total. The standard InChI is InChI=1S/C21H22ClN3/c1-3-24(4-2)11-12-25-20-10-9-15(22)13-17(20)18-14-23-19-8-6-5-7-16(19)21(18)25/h5-10,13-14H,3-4,11-12H2,1-2H3. The van der Waals surface area contributed by atoms with E-state index in [1.165, 1.54) is 27.2 Å². The van der Waals surface area contributed by atoms with E-state index in [9.17, 15) is 0 Å². The van der Waals surface area contributed by atoms with Crippen molar-refractivity contribution in [1.29, 1.82) is 0 Å². The van der Waals surface area contributed by atoms with Gasteiger partial charge in [0.25, 0.3) is 0 Å². The molecule has 0 saturated carbocycles. The van der Waals surface area contributed by atoms with Crippen LogP contribution in [0.5, 0.6) is 0 Å². The third-order valence-electron chi connectivity index (χ3n) is 5.09. The zero-order valence-electron chi connectivity index (χ0n) is 14.7. The Hall–Kier alpha value is -2.10. The lowest BCUT2D eigenvalue weighted by Crippen LogP contribution is -2.27. The summed E-state index contributed by atoms with van der Waals surface area (Å²) < 4.78 is 2.43. The second-order valence-corrected chi connectivity index (χ2v) is 6.81. The number of para-hydroxylation sites is 1. The smallest absolute Gasteiger partial charge is 0.0723 e. The van der Waals surface area contributed by atoms with Crippen molar-refractivity contribution in [2.45, 2.75) is 20.4 Å². The maximum absolute atomic E-state index is 6.28. The van der Waals surface area contributed by atoms with Crippen LogP contribution in [-0.4, -0.2) is 34.1 Å². The van der Waals surface area contributed by atoms with Gasteiger partial charge in [0.2, 0.25) is 0 Å². The molecule has 0 radical (unpaired) electrons. The molecule has 4 aromatic rings. The van der Waals surface area contributed by atoms with Gasteiger partial charge < -0.3 is 9.47 Å². The van der Waals surface area contributed by atoms with E-state index in [2.05, 4.69) is 58.6 Å². The summed E-state index contributed by atoms with van der Waals surface area (Å²) in [5.41, 5.74) is 3.52. The molecule has 0 amide bonds. The van der Waals surface area contributed by atoms with Crippen molar-refractivity contribution < 1.29 is 0 Å². The summed E-state index contributed by atoms with van der Waals surface area (Å²) in [6.45, 7) is 8.56. The number of hydrogen-bond acceptors (Lipinski definition) is 2. The van der Waals surface area contributed by atoms with Crippen molar-refractivity contribution in [2.24, 2.45) is 0 Å². The Labute approximate surface area is 152 Å². The van der Waals surface area contributed by atoms with Crippen LogP contribution in [0.1, 0.15) is 13.8 Å². The van der Waals surface area contributed by atoms with Gasteiger partial charge in [-0.15, -0.1) is 0 Å². The van der Waals surface area contributed by atoms with Crippen LogP contribution in [0.2, 0.25) is 5.02 Å². The van der Waals surface area contributed by atoms with Gasteiger partial charge >= 0.3 is 0 Å². The van der Waals surface area contributed by atoms with Gasteiger partial charge in [-0.2, -0.15) is 0 Å². The highest BCUT2D eigenvalue weighted by atomic mass is 35.5. The van der Waals surface area contributed by atoms with Crippen LogP contribution in [0.4, 0.5) is 0 Å². The first-order chi connectivity index (χ1) is 12.2. The predicted molar refractivity (Wildman–Crippen MR) is 108 cm³/mol. The normalized spacial score (nSPS) is 12.0. The molecule has 0 aliphatic carbocycles. The van der Waals surface area contributed by atoms with Crippen LogP contribution < -0.4 is 0 Å². The van der Waals surface area contributed by atoms with Gasteiger partial charge in [-0.3, -0.25) is 4.98 Å². The molecule has 128 valence electrons. The third-order valence-corrected chi connectivity index (χ3v) is 5.33. The Bertz CT molecular complexity index is 1050. The first-order valence-corrected chi connectivity index (χ1v) is 9.28. The summed E-state index contributed by atoms with van der Waals surface area (Å²) in [7, 11) is 0. The summed E-state index contributed by atoms with van der Waals surface area (Å²) in [6.07, 6.45) is 1.99. The number of halogens is 1. The number of likely N-dealkylation sites (N-methyl/N-ethyl adjacent to an activating group) is 1. The maximum Gasteiger partial charge on any atom is 0.0723 e. The Kier molecular flexibility index (Phi) is 4.36. The molecular formula is C21H22ClN3. The zero-order valence-corrected chi connectivity index (χ0v) is 15.4. The fourth-order valence-electron chi connectivity index (χ4n) is 3.71. The molecule has 0 spiro atoms. The molecule has 2 heterocycles. The lowest BCUT2D eigenvalue weighted by Gasteiger charge is -2.19. The fourth-order valence-corrected chi connectivity index (χ4v) is 3.88. The van der Waals surface area contributed by atoms with Gasteiger partial charge in [-0.05, 0) is 37.4 Å². The van der Waals surface area contributed by atoms with Crippen molar-refractivity contribution in [2.75, 3.05) is 19.6 Å². The minimum Gasteiger partial charge on any atom is -0.339 e. The Morgan fingerprint density at radius 2 is 1.80 bits per heavy atom. The molecule has 2 aromatic carbocycles. The molecular weight excluding hydrogens is 330 g/mol. The lowest BCUT2D eigenvalue weighted by atomic mass is 10.1. The van der Waals surface area contributed by atoms with Gasteiger partial charge in [0.1, 0.15) is 0 Å². The number of rotatable bonds is 5. The summed E-state index contributed by atoms with van der Waals surface area (Å²) >= 11 is 6.28. The predicted octanol–water partition coefficient (Wildman–Crippen LogP) is 5.34. The van der Waals surface area contributed by atoms with Crippen LogP contribution in [-0.2, 0) is 6.54 Å². The molecule has 0 saturated heterocycles. The van der Waals surface area contributed by atoms with E-state index in [1.54, 1.807) is 0 Å². The number of fused-ring (bicyclic) bond motifs is 5. The largest absolute Gasteiger partial charge is 0.339 e. The minimum absolute atomic E-state index is 0.767. The van der Waals surface area contributed by atoms with Crippen molar-refractivity contribution in [3.63, 3.8) is 0 Å². The summed E-state index contributed by atoms with van der Waals surface area (Å²) in [6, 6.07) is 14.5. The van der Waals surface area contributed by atoms with Crippen molar-refractivity contribution in [3.05, 3.63) is 53.7 Å². The topological polar surface area (TPSA) is 21.1 Å². The molecule has 0 atom stereocenters. The first-order valence-electron chi connectivity index (χ1n) is 8.90. The summed E-state index contributed by atoms with van der Waals surface area (Å²) in [5, 5.41) is 4.33. The van der Waals surface area contributed by atoms with E-state index in [-0.39, 0.29) is 0 Å². The molecule has 0 bridgehead atoms. The van der Waals surface area contributed by atoms with Crippen molar-refractivity contribution in [3.8, 4) is 0 Å². The maximum atomic E-state index is 6.28. The third kappa shape index (κ3) is 2.78. The number of nitrogens with zero attached hydrogens (tertiary/aromatic N) is 3. The Morgan fingerprint density at radius 1 is 1.00 bits per heavy atom. The highest BCUT2D eigenvalue weighted by Crippen LogP contribution is 2.34. The minimum atomic E-state index is 0.767. The Balaban J connectivity index is 2.00. The number of aromatic nitrogens is 2. The van der Waals surface area contributed by atoms with E-state index >= 15 is 0 Å². The van der Waals surface area contributed by atoms with E-state index in [1.807, 2.05) is 18.3 Å². The van der Waals surface area contributed by atoms with E-state index in [0.717, 1.165) is 36.7 Å². The monoisotopic (exact) mass is 351 g/mol. The van der Waals surface area contributed by atoms with Gasteiger partial charge in [-0.1, -0.05) is 43.6 Å². The van der Waals surface area contributed by atoms with Gasteiger partial charge in [0.15, 0.2) is 0 Å². The second kappa shape index (κ2) is 6.66. The Morgan fingerprint density at radius 3 is 2.60 bits per heavy atom. The van der Waals surface area contributed by atoms with E-state index in [0.29, 0.717) is 0 Å². The molecule has 3 nitrogen and oxygen atoms in total. The van der Waals surface area contributed by atoms with Crippen LogP contribution in [0.3, 0.4) is 0 Å². The fraction of sp³-hybridized carbons (Fsp3) is 0.286. The second-order valence-electron chi connectivity index (χ2n) is 6.38. The number of hydrogen-bond donors (Lipinski definition) is 0. The summed E-state index contributed by atoms with van der Waals surface area (Å²) in [5.74, 6) is 0. The molecule has 0 aliphatic rings. The van der Waals surface area contributed by atoms with Crippen molar-refractivity contribution in [1.82, 2.24) is 14.5 Å². The van der Waals surface area contributed by atoms with Crippen molar-refractivity contribution >= 4 is 44.3 Å². The molecule has 4 rings (SSSR count). The van der Waals surface area contributed by atoms with Gasteiger partial charge in [0, 0.05) is 46.0 Å².